The minimum absolute atomic E-state index is 0.207. The Kier molecular flexibility index (Phi) is 2.71. The van der Waals surface area contributed by atoms with Gasteiger partial charge in [-0.1, -0.05) is 6.07 Å². The second-order valence-corrected chi connectivity index (χ2v) is 4.85. The van der Waals surface area contributed by atoms with Gasteiger partial charge in [0.1, 0.15) is 6.61 Å². The van der Waals surface area contributed by atoms with Crippen LogP contribution >= 0.6 is 23.1 Å². The summed E-state index contributed by atoms with van der Waals surface area (Å²) in [5.41, 5.74) is 1.07. The Balaban J connectivity index is 1.87. The van der Waals surface area contributed by atoms with Crippen LogP contribution in [0.1, 0.15) is 0 Å². The molecule has 0 N–H and O–H groups in total. The van der Waals surface area contributed by atoms with E-state index in [0.29, 0.717) is 6.61 Å². The summed E-state index contributed by atoms with van der Waals surface area (Å²) in [6.45, 7) is 0.469. The summed E-state index contributed by atoms with van der Waals surface area (Å²) in [5, 5.41) is 2.05. The van der Waals surface area contributed by atoms with Crippen LogP contribution in [-0.4, -0.2) is 18.3 Å². The molecule has 0 spiro atoms. The van der Waals surface area contributed by atoms with Crippen LogP contribution in [0.5, 0.6) is 0 Å². The maximum absolute atomic E-state index is 10.7. The number of ether oxygens (including phenoxy) is 1. The highest BCUT2D eigenvalue weighted by Crippen LogP contribution is 2.26. The molecule has 0 radical (unpaired) electrons. The van der Waals surface area contributed by atoms with Gasteiger partial charge in [0.05, 0.1) is 4.21 Å². The fourth-order valence-corrected chi connectivity index (χ4v) is 2.74. The van der Waals surface area contributed by atoms with Gasteiger partial charge >= 0.3 is 5.97 Å². The first-order chi connectivity index (χ1) is 6.34. The van der Waals surface area contributed by atoms with E-state index in [1.807, 2.05) is 11.4 Å². The third-order valence-corrected chi connectivity index (χ3v) is 3.86. The molecule has 68 valence electrons. The first kappa shape index (κ1) is 8.84. The fourth-order valence-electron chi connectivity index (χ4n) is 1.01. The number of hydrogen-bond donors (Lipinski definition) is 0. The molecule has 0 unspecified atom stereocenters. The summed E-state index contributed by atoms with van der Waals surface area (Å²) in [4.78, 5) is 10.7. The molecule has 0 fully saturated rings. The van der Waals surface area contributed by atoms with Gasteiger partial charge in [0, 0.05) is 11.8 Å². The number of rotatable bonds is 3. The predicted octanol–water partition coefficient (Wildman–Crippen LogP) is 2.32. The van der Waals surface area contributed by atoms with E-state index in [4.69, 9.17) is 4.74 Å². The Bertz CT molecular complexity index is 327. The molecule has 2 nitrogen and oxygen atoms in total. The quantitative estimate of drug-likeness (QED) is 0.568. The molecule has 0 saturated heterocycles. The summed E-state index contributed by atoms with van der Waals surface area (Å²) >= 11 is 3.46. The third-order valence-electron chi connectivity index (χ3n) is 1.62. The highest BCUT2D eigenvalue weighted by molar-refractivity contribution is 8.01. The lowest BCUT2D eigenvalue weighted by molar-refractivity contribution is -0.134. The number of cyclic esters (lactones) is 1. The summed E-state index contributed by atoms with van der Waals surface area (Å²) < 4.78 is 6.07. The first-order valence-electron chi connectivity index (χ1n) is 3.87. The monoisotopic (exact) mass is 212 g/mol. The van der Waals surface area contributed by atoms with Crippen LogP contribution in [0.15, 0.2) is 33.4 Å². The number of thiophene rings is 1. The van der Waals surface area contributed by atoms with Gasteiger partial charge in [-0.25, -0.2) is 4.79 Å². The molecule has 0 aromatic carbocycles. The van der Waals surface area contributed by atoms with Crippen LogP contribution in [-0.2, 0) is 9.53 Å². The van der Waals surface area contributed by atoms with E-state index in [1.54, 1.807) is 29.2 Å². The molecule has 2 heterocycles. The Morgan fingerprint density at radius 2 is 2.54 bits per heavy atom. The van der Waals surface area contributed by atoms with Crippen LogP contribution in [0.3, 0.4) is 0 Å². The zero-order valence-corrected chi connectivity index (χ0v) is 8.49. The number of thioether (sulfide) groups is 1. The van der Waals surface area contributed by atoms with Gasteiger partial charge in [-0.05, 0) is 17.0 Å². The van der Waals surface area contributed by atoms with Gasteiger partial charge in [0.2, 0.25) is 0 Å². The molecular weight excluding hydrogens is 204 g/mol. The molecule has 1 aromatic rings. The molecule has 0 atom stereocenters. The third kappa shape index (κ3) is 2.35. The largest absolute Gasteiger partial charge is 0.458 e. The summed E-state index contributed by atoms with van der Waals surface area (Å²) in [5.74, 6) is 0.647. The zero-order chi connectivity index (χ0) is 9.10. The van der Waals surface area contributed by atoms with Crippen LogP contribution in [0.2, 0.25) is 0 Å². The van der Waals surface area contributed by atoms with Crippen LogP contribution in [0.25, 0.3) is 0 Å². The molecule has 1 aromatic heterocycles. The molecule has 4 heteroatoms. The van der Waals surface area contributed by atoms with Crippen molar-refractivity contribution in [3.63, 3.8) is 0 Å². The van der Waals surface area contributed by atoms with Crippen molar-refractivity contribution < 1.29 is 9.53 Å². The van der Waals surface area contributed by atoms with E-state index in [-0.39, 0.29) is 5.97 Å². The van der Waals surface area contributed by atoms with E-state index in [2.05, 4.69) is 6.07 Å². The van der Waals surface area contributed by atoms with Crippen molar-refractivity contribution in [2.24, 2.45) is 0 Å². The lowest BCUT2D eigenvalue weighted by Crippen LogP contribution is -1.92. The van der Waals surface area contributed by atoms with Gasteiger partial charge in [0.15, 0.2) is 0 Å². The van der Waals surface area contributed by atoms with Crippen molar-refractivity contribution in [3.05, 3.63) is 29.2 Å². The Morgan fingerprint density at radius 1 is 1.62 bits per heavy atom. The molecule has 1 aliphatic heterocycles. The van der Waals surface area contributed by atoms with E-state index in [9.17, 15) is 4.79 Å². The molecule has 13 heavy (non-hydrogen) atoms. The van der Waals surface area contributed by atoms with Crippen LogP contribution < -0.4 is 0 Å². The van der Waals surface area contributed by atoms with E-state index in [0.717, 1.165) is 11.3 Å². The smallest absolute Gasteiger partial charge is 0.331 e. The van der Waals surface area contributed by atoms with Crippen molar-refractivity contribution in [2.75, 3.05) is 12.4 Å². The van der Waals surface area contributed by atoms with Gasteiger partial charge in [-0.15, -0.1) is 23.1 Å². The van der Waals surface area contributed by atoms with Gasteiger partial charge in [0.25, 0.3) is 0 Å². The van der Waals surface area contributed by atoms with Crippen molar-refractivity contribution in [2.45, 2.75) is 4.21 Å². The minimum Gasteiger partial charge on any atom is -0.458 e. The zero-order valence-electron chi connectivity index (χ0n) is 6.86. The molecule has 0 amide bonds. The lowest BCUT2D eigenvalue weighted by Gasteiger charge is -1.97. The topological polar surface area (TPSA) is 26.3 Å². The number of carbonyl (C=O) groups excluding carboxylic acids is 1. The summed E-state index contributed by atoms with van der Waals surface area (Å²) in [7, 11) is 0. The normalized spacial score (nSPS) is 15.7. The summed E-state index contributed by atoms with van der Waals surface area (Å²) in [6, 6.07) is 4.10. The van der Waals surface area contributed by atoms with Gasteiger partial charge < -0.3 is 4.74 Å². The van der Waals surface area contributed by atoms with Crippen LogP contribution in [0, 0.1) is 0 Å². The highest BCUT2D eigenvalue weighted by Gasteiger charge is 2.12. The number of carbonyl (C=O) groups is 1. The van der Waals surface area contributed by atoms with Gasteiger partial charge in [-0.3, -0.25) is 0 Å². The van der Waals surface area contributed by atoms with E-state index < -0.39 is 0 Å². The molecule has 2 rings (SSSR count). The van der Waals surface area contributed by atoms with Crippen molar-refractivity contribution in [1.82, 2.24) is 0 Å². The molecular formula is C9H8O2S2. The molecule has 1 aliphatic rings. The number of esters is 1. The standard InChI is InChI=1S/C9H8O2S2/c10-8-4-7(5-11-8)6-13-9-2-1-3-12-9/h1-4H,5-6H2. The second kappa shape index (κ2) is 3.98. The molecule has 0 bridgehead atoms. The second-order valence-electron chi connectivity index (χ2n) is 2.63. The lowest BCUT2D eigenvalue weighted by atomic mass is 10.3. The maximum atomic E-state index is 10.7. The van der Waals surface area contributed by atoms with E-state index in [1.165, 1.54) is 4.21 Å². The van der Waals surface area contributed by atoms with E-state index >= 15 is 0 Å². The molecule has 0 aliphatic carbocycles. The maximum Gasteiger partial charge on any atom is 0.331 e. The SMILES string of the molecule is O=C1C=C(CSc2cccs2)CO1. The fraction of sp³-hybridized carbons (Fsp3) is 0.222. The number of hydrogen-bond acceptors (Lipinski definition) is 4. The van der Waals surface area contributed by atoms with Crippen molar-refractivity contribution in [3.8, 4) is 0 Å². The van der Waals surface area contributed by atoms with Crippen LogP contribution in [0.4, 0.5) is 0 Å². The predicted molar refractivity (Wildman–Crippen MR) is 54.1 cm³/mol. The molecule has 0 saturated carbocycles. The average Bonchev–Trinajstić information content (AvgIpc) is 2.71. The minimum atomic E-state index is -0.207. The Hall–Kier alpha value is -0.740. The summed E-state index contributed by atoms with van der Waals surface area (Å²) in [6.07, 6.45) is 1.58. The average molecular weight is 212 g/mol. The van der Waals surface area contributed by atoms with Gasteiger partial charge in [-0.2, -0.15) is 0 Å². The first-order valence-corrected chi connectivity index (χ1v) is 5.73. The Labute approximate surface area is 84.6 Å². The van der Waals surface area contributed by atoms with Crippen molar-refractivity contribution >= 4 is 29.1 Å². The highest BCUT2D eigenvalue weighted by atomic mass is 32.2. The Morgan fingerprint density at radius 3 is 3.15 bits per heavy atom. The van der Waals surface area contributed by atoms with Crippen molar-refractivity contribution in [1.29, 1.82) is 0 Å².